The summed E-state index contributed by atoms with van der Waals surface area (Å²) in [4.78, 5) is 0. The van der Waals surface area contributed by atoms with E-state index in [2.05, 4.69) is 13.0 Å². The molecule has 1 unspecified atom stereocenters. The minimum atomic E-state index is 0.823. The van der Waals surface area contributed by atoms with Crippen LogP contribution in [0.4, 0.5) is 0 Å². The minimum absolute atomic E-state index is 0.823. The van der Waals surface area contributed by atoms with Crippen LogP contribution < -0.4 is 5.73 Å². The average molecular weight is 179 g/mol. The van der Waals surface area contributed by atoms with Crippen LogP contribution in [0.2, 0.25) is 0 Å². The van der Waals surface area contributed by atoms with Gasteiger partial charge in [0.15, 0.2) is 0 Å². The number of hydrogen-bond acceptors (Lipinski definition) is 1. The second-order valence-electron chi connectivity index (χ2n) is 4.70. The lowest BCUT2D eigenvalue weighted by molar-refractivity contribution is 0.136. The monoisotopic (exact) mass is 179 g/mol. The van der Waals surface area contributed by atoms with Crippen molar-refractivity contribution >= 4 is 0 Å². The Kier molecular flexibility index (Phi) is 2.73. The summed E-state index contributed by atoms with van der Waals surface area (Å²) in [6, 6.07) is 0. The van der Waals surface area contributed by atoms with Crippen LogP contribution in [0.1, 0.15) is 39.0 Å². The molecule has 1 fully saturated rings. The molecule has 2 rings (SSSR count). The van der Waals surface area contributed by atoms with Crippen LogP contribution in [0.25, 0.3) is 0 Å². The average Bonchev–Trinajstić information content (AvgIpc) is 2.43. The largest absolute Gasteiger partial charge is 0.330 e. The maximum atomic E-state index is 5.71. The standard InChI is InChI=1S/C12H21N/c1-2-3-4-9-5-10-7-11(8-13)12(10)6-9/h6,10-12H,2-5,7-8,13H2,1H3/t10-,11?,12+/m1/s1. The molecular weight excluding hydrogens is 158 g/mol. The van der Waals surface area contributed by atoms with E-state index in [9.17, 15) is 0 Å². The topological polar surface area (TPSA) is 26.0 Å². The van der Waals surface area contributed by atoms with Gasteiger partial charge in [0.1, 0.15) is 0 Å². The van der Waals surface area contributed by atoms with Gasteiger partial charge in [-0.1, -0.05) is 25.0 Å². The van der Waals surface area contributed by atoms with Gasteiger partial charge in [-0.3, -0.25) is 0 Å². The highest BCUT2D eigenvalue weighted by Gasteiger charge is 2.41. The van der Waals surface area contributed by atoms with Gasteiger partial charge in [-0.25, -0.2) is 0 Å². The smallest absolute Gasteiger partial charge is 0.00430 e. The first-order valence-corrected chi connectivity index (χ1v) is 5.74. The predicted octanol–water partition coefficient (Wildman–Crippen LogP) is 2.72. The van der Waals surface area contributed by atoms with Gasteiger partial charge >= 0.3 is 0 Å². The van der Waals surface area contributed by atoms with Crippen molar-refractivity contribution in [1.29, 1.82) is 0 Å². The van der Waals surface area contributed by atoms with Gasteiger partial charge in [0.25, 0.3) is 0 Å². The van der Waals surface area contributed by atoms with Crippen molar-refractivity contribution in [2.45, 2.75) is 39.0 Å². The molecule has 3 atom stereocenters. The van der Waals surface area contributed by atoms with Gasteiger partial charge in [-0.15, -0.1) is 0 Å². The molecule has 1 nitrogen and oxygen atoms in total. The quantitative estimate of drug-likeness (QED) is 0.660. The Morgan fingerprint density at radius 2 is 2.38 bits per heavy atom. The molecule has 0 bridgehead atoms. The summed E-state index contributed by atoms with van der Waals surface area (Å²) in [5, 5.41) is 0. The summed E-state index contributed by atoms with van der Waals surface area (Å²) in [6.45, 7) is 3.17. The van der Waals surface area contributed by atoms with E-state index in [-0.39, 0.29) is 0 Å². The molecule has 1 saturated carbocycles. The van der Waals surface area contributed by atoms with E-state index in [1.54, 1.807) is 5.57 Å². The summed E-state index contributed by atoms with van der Waals surface area (Å²) in [5.41, 5.74) is 7.44. The fraction of sp³-hybridized carbons (Fsp3) is 0.833. The summed E-state index contributed by atoms with van der Waals surface area (Å²) in [5.74, 6) is 2.68. The molecule has 0 aromatic carbocycles. The van der Waals surface area contributed by atoms with Gasteiger partial charge in [0.2, 0.25) is 0 Å². The molecule has 1 heteroatoms. The zero-order chi connectivity index (χ0) is 9.26. The molecule has 0 amide bonds. The van der Waals surface area contributed by atoms with Crippen molar-refractivity contribution in [2.75, 3.05) is 6.54 Å². The summed E-state index contributed by atoms with van der Waals surface area (Å²) in [6.07, 6.45) is 9.38. The van der Waals surface area contributed by atoms with E-state index in [1.807, 2.05) is 0 Å². The van der Waals surface area contributed by atoms with Crippen LogP contribution in [-0.4, -0.2) is 6.54 Å². The Hall–Kier alpha value is -0.300. The normalized spacial score (nSPS) is 36.8. The molecular formula is C12H21N. The fourth-order valence-electron chi connectivity index (χ4n) is 2.90. The molecule has 0 aromatic heterocycles. The predicted molar refractivity (Wildman–Crippen MR) is 56.4 cm³/mol. The molecule has 2 aliphatic rings. The van der Waals surface area contributed by atoms with Crippen molar-refractivity contribution in [3.63, 3.8) is 0 Å². The molecule has 74 valence electrons. The van der Waals surface area contributed by atoms with E-state index in [4.69, 9.17) is 5.73 Å². The fourth-order valence-corrected chi connectivity index (χ4v) is 2.90. The van der Waals surface area contributed by atoms with Gasteiger partial charge in [0.05, 0.1) is 0 Å². The third-order valence-corrected chi connectivity index (χ3v) is 3.80. The van der Waals surface area contributed by atoms with Crippen LogP contribution in [0.3, 0.4) is 0 Å². The van der Waals surface area contributed by atoms with Gasteiger partial charge in [0, 0.05) is 0 Å². The first-order chi connectivity index (χ1) is 6.35. The highest BCUT2D eigenvalue weighted by atomic mass is 14.6. The van der Waals surface area contributed by atoms with Crippen LogP contribution >= 0.6 is 0 Å². The van der Waals surface area contributed by atoms with Gasteiger partial charge < -0.3 is 5.73 Å². The van der Waals surface area contributed by atoms with Crippen molar-refractivity contribution in [2.24, 2.45) is 23.5 Å². The maximum Gasteiger partial charge on any atom is -0.00430 e. The number of fused-ring (bicyclic) bond motifs is 1. The zero-order valence-corrected chi connectivity index (χ0v) is 8.63. The van der Waals surface area contributed by atoms with E-state index < -0.39 is 0 Å². The Morgan fingerprint density at radius 1 is 1.54 bits per heavy atom. The second-order valence-corrected chi connectivity index (χ2v) is 4.70. The van der Waals surface area contributed by atoms with Crippen molar-refractivity contribution < 1.29 is 0 Å². The number of unbranched alkanes of at least 4 members (excludes halogenated alkanes) is 1. The first kappa shape index (κ1) is 9.26. The number of rotatable bonds is 4. The number of allylic oxidation sites excluding steroid dienone is 2. The number of nitrogens with two attached hydrogens (primary N) is 1. The molecule has 0 spiro atoms. The SMILES string of the molecule is CCCCC1=C[C@@H]2C(CN)C[C@H]2C1. The van der Waals surface area contributed by atoms with E-state index in [0.717, 1.165) is 24.3 Å². The molecule has 2 N–H and O–H groups in total. The van der Waals surface area contributed by atoms with Gasteiger partial charge in [-0.2, -0.15) is 0 Å². The molecule has 2 aliphatic carbocycles. The summed E-state index contributed by atoms with van der Waals surface area (Å²) < 4.78 is 0. The highest BCUT2D eigenvalue weighted by Crippen LogP contribution is 2.50. The summed E-state index contributed by atoms with van der Waals surface area (Å²) >= 11 is 0. The third kappa shape index (κ3) is 1.67. The molecule has 0 saturated heterocycles. The molecule has 0 aliphatic heterocycles. The lowest BCUT2D eigenvalue weighted by atomic mass is 9.66. The molecule has 0 aromatic rings. The van der Waals surface area contributed by atoms with Gasteiger partial charge in [-0.05, 0) is 50.0 Å². The highest BCUT2D eigenvalue weighted by molar-refractivity contribution is 5.19. The molecule has 13 heavy (non-hydrogen) atoms. The van der Waals surface area contributed by atoms with Crippen molar-refractivity contribution in [3.05, 3.63) is 11.6 Å². The molecule has 0 heterocycles. The Labute approximate surface area is 81.4 Å². The lowest BCUT2D eigenvalue weighted by Gasteiger charge is -2.39. The van der Waals surface area contributed by atoms with Crippen molar-refractivity contribution in [3.8, 4) is 0 Å². The van der Waals surface area contributed by atoms with Crippen molar-refractivity contribution in [1.82, 2.24) is 0 Å². The first-order valence-electron chi connectivity index (χ1n) is 5.74. The van der Waals surface area contributed by atoms with Crippen LogP contribution in [0.15, 0.2) is 11.6 Å². The third-order valence-electron chi connectivity index (χ3n) is 3.80. The van der Waals surface area contributed by atoms with Crippen LogP contribution in [-0.2, 0) is 0 Å². The zero-order valence-electron chi connectivity index (χ0n) is 8.63. The minimum Gasteiger partial charge on any atom is -0.330 e. The summed E-state index contributed by atoms with van der Waals surface area (Å²) in [7, 11) is 0. The van der Waals surface area contributed by atoms with E-state index >= 15 is 0 Å². The maximum absolute atomic E-state index is 5.71. The van der Waals surface area contributed by atoms with Crippen LogP contribution in [0, 0.1) is 17.8 Å². The Balaban J connectivity index is 1.84. The van der Waals surface area contributed by atoms with E-state index in [0.29, 0.717) is 0 Å². The Morgan fingerprint density at radius 3 is 3.08 bits per heavy atom. The van der Waals surface area contributed by atoms with E-state index in [1.165, 1.54) is 32.1 Å². The second kappa shape index (κ2) is 3.83. The number of hydrogen-bond donors (Lipinski definition) is 1. The van der Waals surface area contributed by atoms with Crippen LogP contribution in [0.5, 0.6) is 0 Å². The Bertz CT molecular complexity index is 207. The molecule has 0 radical (unpaired) electrons. The lowest BCUT2D eigenvalue weighted by Crippen LogP contribution is -2.37.